The maximum atomic E-state index is 12.7. The number of carbonyl (C=O) groups excluding carboxylic acids is 1. The van der Waals surface area contributed by atoms with Gasteiger partial charge in [0.2, 0.25) is 0 Å². The number of nitrogens with one attached hydrogen (secondary N) is 2. The molecule has 0 aliphatic heterocycles. The quantitative estimate of drug-likeness (QED) is 0.230. The summed E-state index contributed by atoms with van der Waals surface area (Å²) in [6.07, 6.45) is 1.37. The van der Waals surface area contributed by atoms with Gasteiger partial charge in [-0.05, 0) is 72.6 Å². The smallest absolute Gasteiger partial charge is 0.276 e. The third-order valence-corrected chi connectivity index (χ3v) is 6.60. The zero-order valence-electron chi connectivity index (χ0n) is 20.5. The lowest BCUT2D eigenvalue weighted by Crippen LogP contribution is -2.20. The Bertz CT molecular complexity index is 1530. The minimum atomic E-state index is -3.85. The molecule has 0 atom stereocenters. The Balaban J connectivity index is 1.40. The van der Waals surface area contributed by atoms with Crippen LogP contribution in [0, 0.1) is 6.92 Å². The van der Waals surface area contributed by atoms with E-state index in [4.69, 9.17) is 9.47 Å². The number of ether oxygens (including phenoxy) is 2. The summed E-state index contributed by atoms with van der Waals surface area (Å²) in [4.78, 5) is 14.6. The number of hydrazone groups is 1. The van der Waals surface area contributed by atoms with E-state index in [0.717, 1.165) is 16.3 Å². The van der Waals surface area contributed by atoms with E-state index in [-0.39, 0.29) is 17.4 Å². The van der Waals surface area contributed by atoms with Gasteiger partial charge in [-0.25, -0.2) is 4.83 Å². The summed E-state index contributed by atoms with van der Waals surface area (Å²) in [5.74, 6) is 0.488. The first-order valence-electron chi connectivity index (χ1n) is 11.6. The fourth-order valence-electron chi connectivity index (χ4n) is 3.53. The number of anilines is 1. The number of amides is 1. The summed E-state index contributed by atoms with van der Waals surface area (Å²) in [5, 5.41) is 8.45. The van der Waals surface area contributed by atoms with Crippen LogP contribution in [0.15, 0.2) is 94.9 Å². The van der Waals surface area contributed by atoms with Gasteiger partial charge in [0, 0.05) is 5.69 Å². The van der Waals surface area contributed by atoms with Crippen LogP contribution in [0.2, 0.25) is 0 Å². The minimum Gasteiger partial charge on any atom is -0.490 e. The monoisotopic (exact) mass is 517 g/mol. The molecule has 0 aliphatic carbocycles. The van der Waals surface area contributed by atoms with Crippen LogP contribution in [0.25, 0.3) is 10.8 Å². The number of fused-ring (bicyclic) bond motifs is 1. The van der Waals surface area contributed by atoms with Gasteiger partial charge in [-0.1, -0.05) is 48.0 Å². The molecule has 190 valence electrons. The number of aryl methyl sites for hydroxylation is 1. The predicted octanol–water partition coefficient (Wildman–Crippen LogP) is 4.88. The summed E-state index contributed by atoms with van der Waals surface area (Å²) in [5.41, 5.74) is 2.36. The highest BCUT2D eigenvalue weighted by atomic mass is 32.2. The molecule has 4 aromatic rings. The number of rotatable bonds is 10. The fraction of sp³-hybridized carbons (Fsp3) is 0.143. The molecule has 0 radical (unpaired) electrons. The summed E-state index contributed by atoms with van der Waals surface area (Å²) in [7, 11) is -3.85. The van der Waals surface area contributed by atoms with Gasteiger partial charge >= 0.3 is 0 Å². The lowest BCUT2D eigenvalue weighted by molar-refractivity contribution is -0.118. The van der Waals surface area contributed by atoms with E-state index < -0.39 is 10.0 Å². The molecule has 8 nitrogen and oxygen atoms in total. The van der Waals surface area contributed by atoms with Gasteiger partial charge in [-0.3, -0.25) is 4.79 Å². The van der Waals surface area contributed by atoms with Gasteiger partial charge in [0.15, 0.2) is 18.1 Å². The van der Waals surface area contributed by atoms with Crippen molar-refractivity contribution < 1.29 is 22.7 Å². The first kappa shape index (κ1) is 25.7. The highest BCUT2D eigenvalue weighted by Gasteiger charge is 2.13. The Labute approximate surface area is 216 Å². The minimum absolute atomic E-state index is 0.117. The molecule has 0 spiro atoms. The molecule has 0 fully saturated rings. The second-order valence-electron chi connectivity index (χ2n) is 8.20. The van der Waals surface area contributed by atoms with Crippen LogP contribution in [0.4, 0.5) is 5.69 Å². The van der Waals surface area contributed by atoms with Crippen molar-refractivity contribution in [2.45, 2.75) is 18.7 Å². The van der Waals surface area contributed by atoms with E-state index in [9.17, 15) is 13.2 Å². The maximum absolute atomic E-state index is 12.7. The van der Waals surface area contributed by atoms with Crippen molar-refractivity contribution in [3.05, 3.63) is 96.1 Å². The largest absolute Gasteiger partial charge is 0.490 e. The van der Waals surface area contributed by atoms with Crippen LogP contribution in [0.5, 0.6) is 11.5 Å². The first-order valence-corrected chi connectivity index (χ1v) is 13.1. The Morgan fingerprint density at radius 3 is 2.41 bits per heavy atom. The van der Waals surface area contributed by atoms with Gasteiger partial charge in [0.1, 0.15) is 0 Å². The second kappa shape index (κ2) is 11.6. The zero-order chi connectivity index (χ0) is 26.3. The molecule has 0 saturated heterocycles. The Morgan fingerprint density at radius 2 is 1.65 bits per heavy atom. The average molecular weight is 518 g/mol. The lowest BCUT2D eigenvalue weighted by Gasteiger charge is -2.13. The van der Waals surface area contributed by atoms with Crippen LogP contribution in [-0.2, 0) is 14.8 Å². The molecule has 9 heteroatoms. The summed E-state index contributed by atoms with van der Waals surface area (Å²) < 4.78 is 36.7. The van der Waals surface area contributed by atoms with E-state index in [1.165, 1.54) is 12.3 Å². The van der Waals surface area contributed by atoms with Crippen LogP contribution in [-0.4, -0.2) is 33.8 Å². The third-order valence-electron chi connectivity index (χ3n) is 5.38. The first-order chi connectivity index (χ1) is 17.8. The van der Waals surface area contributed by atoms with E-state index in [1.54, 1.807) is 30.3 Å². The van der Waals surface area contributed by atoms with E-state index >= 15 is 0 Å². The number of carbonyl (C=O) groups is 1. The van der Waals surface area contributed by atoms with Crippen molar-refractivity contribution in [2.75, 3.05) is 18.5 Å². The van der Waals surface area contributed by atoms with Crippen molar-refractivity contribution in [2.24, 2.45) is 5.10 Å². The van der Waals surface area contributed by atoms with Gasteiger partial charge in [-0.15, -0.1) is 0 Å². The lowest BCUT2D eigenvalue weighted by atomic mass is 10.1. The molecule has 4 aromatic carbocycles. The predicted molar refractivity (Wildman–Crippen MR) is 145 cm³/mol. The van der Waals surface area contributed by atoms with Crippen molar-refractivity contribution in [1.29, 1.82) is 0 Å². The Morgan fingerprint density at radius 1 is 0.892 bits per heavy atom. The number of hydrogen-bond acceptors (Lipinski definition) is 6. The molecule has 0 bridgehead atoms. The summed E-state index contributed by atoms with van der Waals surface area (Å²) >= 11 is 0. The SMILES string of the molecule is CCOc1cc(/C=N/NS(=O)(=O)c2ccc3ccccc3c2)ccc1OCC(=O)Nc1ccc(C)cc1. The molecule has 1 amide bonds. The second-order valence-corrected chi connectivity index (χ2v) is 9.86. The number of benzene rings is 4. The molecule has 0 unspecified atom stereocenters. The summed E-state index contributed by atoms with van der Waals surface area (Å²) in [6.45, 7) is 3.97. The van der Waals surface area contributed by atoms with Crippen LogP contribution in [0.1, 0.15) is 18.1 Å². The van der Waals surface area contributed by atoms with Gasteiger partial charge in [-0.2, -0.15) is 13.5 Å². The highest BCUT2D eigenvalue weighted by Crippen LogP contribution is 2.28. The van der Waals surface area contributed by atoms with Gasteiger partial charge < -0.3 is 14.8 Å². The fourth-order valence-corrected chi connectivity index (χ4v) is 4.35. The van der Waals surface area contributed by atoms with Crippen molar-refractivity contribution in [3.63, 3.8) is 0 Å². The molecular weight excluding hydrogens is 490 g/mol. The average Bonchev–Trinajstić information content (AvgIpc) is 2.89. The van der Waals surface area contributed by atoms with E-state index in [1.807, 2.05) is 62.4 Å². The molecule has 0 saturated carbocycles. The van der Waals surface area contributed by atoms with Crippen molar-refractivity contribution >= 4 is 38.6 Å². The molecule has 0 aliphatic rings. The molecule has 4 rings (SSSR count). The highest BCUT2D eigenvalue weighted by molar-refractivity contribution is 7.89. The van der Waals surface area contributed by atoms with Crippen LogP contribution >= 0.6 is 0 Å². The van der Waals surface area contributed by atoms with Gasteiger partial charge in [0.05, 0.1) is 17.7 Å². The topological polar surface area (TPSA) is 106 Å². The third kappa shape index (κ3) is 6.86. The molecule has 0 heterocycles. The summed E-state index contributed by atoms with van der Waals surface area (Å²) in [6, 6.07) is 24.8. The van der Waals surface area contributed by atoms with E-state index in [0.29, 0.717) is 29.4 Å². The molecule has 37 heavy (non-hydrogen) atoms. The van der Waals surface area contributed by atoms with Crippen molar-refractivity contribution in [3.8, 4) is 11.5 Å². The molecule has 2 N–H and O–H groups in total. The number of nitrogens with zero attached hydrogens (tertiary/aromatic N) is 1. The zero-order valence-corrected chi connectivity index (χ0v) is 21.3. The molecular formula is C28H27N3O5S. The Hall–Kier alpha value is -4.37. The Kier molecular flexibility index (Phi) is 8.05. The van der Waals surface area contributed by atoms with Crippen molar-refractivity contribution in [1.82, 2.24) is 4.83 Å². The number of sulfonamides is 1. The maximum Gasteiger partial charge on any atom is 0.276 e. The van der Waals surface area contributed by atoms with Crippen LogP contribution in [0.3, 0.4) is 0 Å². The number of hydrogen-bond donors (Lipinski definition) is 2. The van der Waals surface area contributed by atoms with Gasteiger partial charge in [0.25, 0.3) is 15.9 Å². The van der Waals surface area contributed by atoms with E-state index in [2.05, 4.69) is 15.2 Å². The standard InChI is InChI=1S/C28H27N3O5S/c1-3-35-27-16-21(10-15-26(27)36-19-28(32)30-24-12-8-20(2)9-13-24)18-29-31-37(33,34)25-14-11-22-6-4-5-7-23(22)17-25/h4-18,31H,3,19H2,1-2H3,(H,30,32)/b29-18+. The van der Waals surface area contributed by atoms with Crippen LogP contribution < -0.4 is 19.6 Å². The molecule has 0 aromatic heterocycles. The normalized spacial score (nSPS) is 11.4.